The fourth-order valence-corrected chi connectivity index (χ4v) is 2.98. The van der Waals surface area contributed by atoms with Crippen LogP contribution in [0.3, 0.4) is 0 Å². The minimum atomic E-state index is -1.50. The number of hydrogen-bond acceptors (Lipinski definition) is 3. The summed E-state index contributed by atoms with van der Waals surface area (Å²) in [5, 5.41) is 18.4. The lowest BCUT2D eigenvalue weighted by molar-refractivity contribution is 0.426. The van der Waals surface area contributed by atoms with E-state index in [4.69, 9.17) is 10.0 Å². The third-order valence-corrected chi connectivity index (χ3v) is 4.29. The van der Waals surface area contributed by atoms with E-state index in [0.717, 1.165) is 21.4 Å². The second-order valence-electron chi connectivity index (χ2n) is 2.82. The monoisotopic (exact) mass is 322 g/mol. The molecule has 0 radical (unpaired) electrons. The van der Waals surface area contributed by atoms with Crippen molar-refractivity contribution in [3.05, 3.63) is 26.9 Å². The van der Waals surface area contributed by atoms with E-state index in [-0.39, 0.29) is 5.13 Å². The summed E-state index contributed by atoms with van der Waals surface area (Å²) >= 11 is 2.97. The Morgan fingerprint density at radius 1 is 1.36 bits per heavy atom. The van der Waals surface area contributed by atoms with Crippen molar-refractivity contribution >= 4 is 56.6 Å². The quantitative estimate of drug-likeness (QED) is 0.614. The van der Waals surface area contributed by atoms with Crippen LogP contribution in [0, 0.1) is 8.70 Å². The molecule has 1 aromatic heterocycles. The Kier molecular flexibility index (Phi) is 2.78. The molecule has 0 saturated heterocycles. The Morgan fingerprint density at radius 2 is 2.07 bits per heavy atom. The van der Waals surface area contributed by atoms with Crippen LogP contribution in [0.4, 0.5) is 4.39 Å². The fourth-order valence-electron chi connectivity index (χ4n) is 1.22. The number of rotatable bonds is 1. The summed E-state index contributed by atoms with van der Waals surface area (Å²) in [6.07, 6.45) is 0. The van der Waals surface area contributed by atoms with Crippen LogP contribution >= 0.6 is 33.9 Å². The Morgan fingerprint density at radius 3 is 2.71 bits per heavy atom. The van der Waals surface area contributed by atoms with Gasteiger partial charge in [0, 0.05) is 10.1 Å². The van der Waals surface area contributed by atoms with Gasteiger partial charge in [0.15, 0.2) is 5.13 Å². The predicted octanol–water partition coefficient (Wildman–Crippen LogP) is 1.32. The van der Waals surface area contributed by atoms with E-state index in [0.29, 0.717) is 9.03 Å². The molecule has 0 aliphatic rings. The number of benzene rings is 1. The molecule has 2 aromatic rings. The molecule has 0 unspecified atom stereocenters. The first-order valence-electron chi connectivity index (χ1n) is 3.83. The highest BCUT2D eigenvalue weighted by molar-refractivity contribution is 14.1. The molecular formula is C8H5BFIO2S. The van der Waals surface area contributed by atoms with E-state index >= 15 is 0 Å². The third kappa shape index (κ3) is 1.67. The van der Waals surface area contributed by atoms with E-state index in [9.17, 15) is 4.39 Å². The van der Waals surface area contributed by atoms with Crippen molar-refractivity contribution in [3.63, 3.8) is 0 Å². The lowest BCUT2D eigenvalue weighted by atomic mass is 9.80. The van der Waals surface area contributed by atoms with Gasteiger partial charge in [0.25, 0.3) is 0 Å². The summed E-state index contributed by atoms with van der Waals surface area (Å²) in [5.41, 5.74) is 0.383. The maximum Gasteiger partial charge on any atom is 0.488 e. The van der Waals surface area contributed by atoms with Gasteiger partial charge in [-0.25, -0.2) is 0 Å². The van der Waals surface area contributed by atoms with Crippen molar-refractivity contribution in [1.29, 1.82) is 0 Å². The highest BCUT2D eigenvalue weighted by atomic mass is 127. The molecule has 72 valence electrons. The topological polar surface area (TPSA) is 40.5 Å². The first kappa shape index (κ1) is 10.3. The second kappa shape index (κ2) is 3.76. The smallest absolute Gasteiger partial charge is 0.423 e. The van der Waals surface area contributed by atoms with Gasteiger partial charge in [0.05, 0.1) is 3.57 Å². The van der Waals surface area contributed by atoms with Crippen LogP contribution in [0.25, 0.3) is 10.1 Å². The average Bonchev–Trinajstić information content (AvgIpc) is 2.43. The average molecular weight is 322 g/mol. The molecule has 0 bridgehead atoms. The number of halogens is 2. The van der Waals surface area contributed by atoms with Gasteiger partial charge in [-0.1, -0.05) is 12.1 Å². The first-order valence-corrected chi connectivity index (χ1v) is 5.72. The molecule has 0 aliphatic heterocycles. The standard InChI is InChI=1S/C8H5BFIO2S/c10-8-7(11)5-3-4(9(12)13)1-2-6(5)14-8/h1-3,12-13H. The summed E-state index contributed by atoms with van der Waals surface area (Å²) in [6, 6.07) is 4.88. The highest BCUT2D eigenvalue weighted by Crippen LogP contribution is 2.30. The molecular weight excluding hydrogens is 317 g/mol. The zero-order valence-corrected chi connectivity index (χ0v) is 9.84. The Labute approximate surface area is 97.7 Å². The normalized spacial score (nSPS) is 10.9. The van der Waals surface area contributed by atoms with Crippen LogP contribution in [0.5, 0.6) is 0 Å². The van der Waals surface area contributed by atoms with E-state index in [1.54, 1.807) is 18.2 Å². The first-order chi connectivity index (χ1) is 6.59. The molecule has 0 spiro atoms. The molecule has 14 heavy (non-hydrogen) atoms. The van der Waals surface area contributed by atoms with Gasteiger partial charge in [-0.3, -0.25) is 0 Å². The molecule has 0 saturated carbocycles. The fraction of sp³-hybridized carbons (Fsp3) is 0. The van der Waals surface area contributed by atoms with Gasteiger partial charge in [-0.05, 0) is 34.1 Å². The number of hydrogen-bond donors (Lipinski definition) is 2. The number of thiophene rings is 1. The third-order valence-electron chi connectivity index (χ3n) is 1.91. The van der Waals surface area contributed by atoms with Crippen LogP contribution in [0.15, 0.2) is 18.2 Å². The molecule has 0 fully saturated rings. The van der Waals surface area contributed by atoms with E-state index < -0.39 is 7.12 Å². The lowest BCUT2D eigenvalue weighted by Gasteiger charge is -1.98. The summed E-state index contributed by atoms with van der Waals surface area (Å²) < 4.78 is 14.5. The van der Waals surface area contributed by atoms with Gasteiger partial charge in [-0.15, -0.1) is 11.3 Å². The molecule has 2 N–H and O–H groups in total. The van der Waals surface area contributed by atoms with Gasteiger partial charge in [0.1, 0.15) is 0 Å². The van der Waals surface area contributed by atoms with Crippen molar-refractivity contribution in [1.82, 2.24) is 0 Å². The second-order valence-corrected chi connectivity index (χ2v) is 4.90. The Bertz CT molecular complexity index is 485. The molecule has 1 aromatic carbocycles. The van der Waals surface area contributed by atoms with Crippen molar-refractivity contribution in [3.8, 4) is 0 Å². The van der Waals surface area contributed by atoms with E-state index in [1.807, 2.05) is 22.6 Å². The SMILES string of the molecule is OB(O)c1ccc2sc(F)c(I)c2c1. The Balaban J connectivity index is 2.69. The molecule has 6 heteroatoms. The van der Waals surface area contributed by atoms with Crippen LogP contribution in [-0.2, 0) is 0 Å². The van der Waals surface area contributed by atoms with Crippen molar-refractivity contribution < 1.29 is 14.4 Å². The minimum absolute atomic E-state index is 0.231. The van der Waals surface area contributed by atoms with Gasteiger partial charge in [-0.2, -0.15) is 4.39 Å². The predicted molar refractivity (Wildman–Crippen MR) is 64.3 cm³/mol. The summed E-state index contributed by atoms with van der Waals surface area (Å²) in [5.74, 6) is 0. The van der Waals surface area contributed by atoms with Crippen LogP contribution in [0.1, 0.15) is 0 Å². The summed E-state index contributed by atoms with van der Waals surface area (Å²) in [6.45, 7) is 0. The van der Waals surface area contributed by atoms with Crippen LogP contribution < -0.4 is 5.46 Å². The zero-order chi connectivity index (χ0) is 10.3. The van der Waals surface area contributed by atoms with Crippen molar-refractivity contribution in [2.24, 2.45) is 0 Å². The van der Waals surface area contributed by atoms with Crippen molar-refractivity contribution in [2.45, 2.75) is 0 Å². The minimum Gasteiger partial charge on any atom is -0.423 e. The van der Waals surface area contributed by atoms with Crippen LogP contribution in [-0.4, -0.2) is 17.2 Å². The summed E-state index contributed by atoms with van der Waals surface area (Å²) in [4.78, 5) is 0. The Hall–Kier alpha value is -0.175. The number of fused-ring (bicyclic) bond motifs is 1. The summed E-state index contributed by atoms with van der Waals surface area (Å²) in [7, 11) is -1.50. The van der Waals surface area contributed by atoms with Crippen LogP contribution in [0.2, 0.25) is 0 Å². The largest absolute Gasteiger partial charge is 0.488 e. The molecule has 1 heterocycles. The molecule has 0 amide bonds. The van der Waals surface area contributed by atoms with E-state index in [2.05, 4.69) is 0 Å². The maximum atomic E-state index is 13.2. The maximum absolute atomic E-state index is 13.2. The molecule has 0 aliphatic carbocycles. The molecule has 2 nitrogen and oxygen atoms in total. The van der Waals surface area contributed by atoms with E-state index in [1.165, 1.54) is 0 Å². The van der Waals surface area contributed by atoms with Crippen molar-refractivity contribution in [2.75, 3.05) is 0 Å². The molecule has 2 rings (SSSR count). The van der Waals surface area contributed by atoms with Gasteiger partial charge < -0.3 is 10.0 Å². The zero-order valence-electron chi connectivity index (χ0n) is 6.87. The van der Waals surface area contributed by atoms with Gasteiger partial charge in [0.2, 0.25) is 0 Å². The highest BCUT2D eigenvalue weighted by Gasteiger charge is 2.14. The lowest BCUT2D eigenvalue weighted by Crippen LogP contribution is -2.29. The van der Waals surface area contributed by atoms with Gasteiger partial charge >= 0.3 is 7.12 Å². The molecule has 0 atom stereocenters.